The lowest BCUT2D eigenvalue weighted by molar-refractivity contribution is -0.141. The van der Waals surface area contributed by atoms with E-state index in [1.165, 1.54) is 20.0 Å². The van der Waals surface area contributed by atoms with E-state index in [2.05, 4.69) is 10.1 Å². The van der Waals surface area contributed by atoms with Crippen molar-refractivity contribution >= 4 is 11.7 Å². The maximum atomic E-state index is 11.3. The lowest BCUT2D eigenvalue weighted by Crippen LogP contribution is -2.27. The number of nitrogens with one attached hydrogen (secondary N) is 1. The summed E-state index contributed by atoms with van der Waals surface area (Å²) >= 11 is 0. The van der Waals surface area contributed by atoms with Gasteiger partial charge in [0.25, 0.3) is 0 Å². The third kappa shape index (κ3) is 3.88. The van der Waals surface area contributed by atoms with Gasteiger partial charge in [-0.2, -0.15) is 0 Å². The maximum absolute atomic E-state index is 11.3. The molecule has 0 heterocycles. The van der Waals surface area contributed by atoms with Crippen molar-refractivity contribution in [2.24, 2.45) is 0 Å². The Hall–Kier alpha value is -1.71. The number of carbonyl (C=O) groups is 1. The Bertz CT molecular complexity index is 410. The number of hydrogen-bond donors (Lipinski definition) is 1. The molecule has 2 rings (SSSR count). The van der Waals surface area contributed by atoms with E-state index in [4.69, 9.17) is 4.74 Å². The summed E-state index contributed by atoms with van der Waals surface area (Å²) in [4.78, 5) is 11.3. The van der Waals surface area contributed by atoms with Crippen LogP contribution in [0.5, 0.6) is 5.75 Å². The van der Waals surface area contributed by atoms with Crippen LogP contribution >= 0.6 is 0 Å². The van der Waals surface area contributed by atoms with Crippen LogP contribution in [0, 0.1) is 0 Å². The highest BCUT2D eigenvalue weighted by Gasteiger charge is 2.16. The second kappa shape index (κ2) is 6.45. The molecule has 0 spiro atoms. The summed E-state index contributed by atoms with van der Waals surface area (Å²) in [6, 6.07) is 7.36. The van der Waals surface area contributed by atoms with Crippen molar-refractivity contribution in [1.29, 1.82) is 0 Å². The highest BCUT2D eigenvalue weighted by Crippen LogP contribution is 2.25. The molecule has 4 heteroatoms. The Morgan fingerprint density at radius 1 is 1.26 bits per heavy atom. The van der Waals surface area contributed by atoms with Gasteiger partial charge in [-0.3, -0.25) is 0 Å². The normalized spacial score (nSPS) is 16.9. The van der Waals surface area contributed by atoms with Gasteiger partial charge in [0, 0.05) is 5.69 Å². The first-order chi connectivity index (χ1) is 9.19. The molecule has 1 atom stereocenters. The van der Waals surface area contributed by atoms with Crippen LogP contribution in [0.2, 0.25) is 0 Å². The molecule has 0 radical (unpaired) electrons. The van der Waals surface area contributed by atoms with Crippen LogP contribution in [-0.2, 0) is 9.53 Å². The van der Waals surface area contributed by atoms with E-state index in [0.29, 0.717) is 6.10 Å². The molecular formula is C15H21NO3. The maximum Gasteiger partial charge on any atom is 0.327 e. The average Bonchev–Trinajstić information content (AvgIpc) is 2.93. The third-order valence-corrected chi connectivity index (χ3v) is 3.40. The highest BCUT2D eigenvalue weighted by molar-refractivity contribution is 5.78. The predicted octanol–water partition coefficient (Wildman–Crippen LogP) is 2.98. The Balaban J connectivity index is 1.88. The molecule has 1 fully saturated rings. The van der Waals surface area contributed by atoms with Crippen LogP contribution in [0.25, 0.3) is 0 Å². The number of hydrogen-bond acceptors (Lipinski definition) is 4. The molecule has 1 N–H and O–H groups in total. The van der Waals surface area contributed by atoms with Crippen LogP contribution in [0.15, 0.2) is 24.3 Å². The summed E-state index contributed by atoms with van der Waals surface area (Å²) in [5.41, 5.74) is 0.886. The SMILES string of the molecule is COC(=O)C(C)Nc1ccc(OC2CCCC2)cc1. The molecule has 19 heavy (non-hydrogen) atoms. The third-order valence-electron chi connectivity index (χ3n) is 3.40. The molecule has 4 nitrogen and oxygen atoms in total. The standard InChI is InChI=1S/C15H21NO3/c1-11(15(17)18-2)16-12-7-9-14(10-8-12)19-13-5-3-4-6-13/h7-11,13,16H,3-6H2,1-2H3. The van der Waals surface area contributed by atoms with Crippen molar-refractivity contribution in [3.05, 3.63) is 24.3 Å². The molecule has 1 aromatic carbocycles. The molecule has 0 saturated heterocycles. The summed E-state index contributed by atoms with van der Waals surface area (Å²) in [6.07, 6.45) is 5.20. The fraction of sp³-hybridized carbons (Fsp3) is 0.533. The molecule has 1 aliphatic rings. The van der Waals surface area contributed by atoms with Gasteiger partial charge in [0.2, 0.25) is 0 Å². The van der Waals surface area contributed by atoms with Crippen molar-refractivity contribution in [3.63, 3.8) is 0 Å². The van der Waals surface area contributed by atoms with Crippen LogP contribution in [0.3, 0.4) is 0 Å². The predicted molar refractivity (Wildman–Crippen MR) is 74.4 cm³/mol. The lowest BCUT2D eigenvalue weighted by atomic mass is 10.2. The molecule has 104 valence electrons. The van der Waals surface area contributed by atoms with E-state index in [-0.39, 0.29) is 12.0 Å². The molecule has 0 aliphatic heterocycles. The molecule has 1 aliphatic carbocycles. The number of anilines is 1. The van der Waals surface area contributed by atoms with E-state index in [1.54, 1.807) is 6.92 Å². The van der Waals surface area contributed by atoms with Gasteiger partial charge in [0.15, 0.2) is 0 Å². The molecule has 0 aromatic heterocycles. The van der Waals surface area contributed by atoms with E-state index < -0.39 is 0 Å². The number of benzene rings is 1. The first-order valence-corrected chi connectivity index (χ1v) is 6.80. The van der Waals surface area contributed by atoms with Crippen LogP contribution in [0.1, 0.15) is 32.6 Å². The number of carbonyl (C=O) groups excluding carboxylic acids is 1. The van der Waals surface area contributed by atoms with Crippen LogP contribution in [-0.4, -0.2) is 25.2 Å². The quantitative estimate of drug-likeness (QED) is 0.830. The number of esters is 1. The smallest absolute Gasteiger partial charge is 0.327 e. The van der Waals surface area contributed by atoms with Gasteiger partial charge in [-0.15, -0.1) is 0 Å². The van der Waals surface area contributed by atoms with Gasteiger partial charge >= 0.3 is 5.97 Å². The molecule has 0 amide bonds. The van der Waals surface area contributed by atoms with Gasteiger partial charge in [-0.05, 0) is 56.9 Å². The summed E-state index contributed by atoms with van der Waals surface area (Å²) in [7, 11) is 1.39. The zero-order valence-corrected chi connectivity index (χ0v) is 11.5. The van der Waals surface area contributed by atoms with Gasteiger partial charge < -0.3 is 14.8 Å². The number of ether oxygens (including phenoxy) is 2. The van der Waals surface area contributed by atoms with Crippen molar-refractivity contribution in [1.82, 2.24) is 0 Å². The summed E-state index contributed by atoms with van der Waals surface area (Å²) < 4.78 is 10.6. The van der Waals surface area contributed by atoms with E-state index in [0.717, 1.165) is 24.3 Å². The van der Waals surface area contributed by atoms with E-state index in [1.807, 2.05) is 24.3 Å². The van der Waals surface area contributed by atoms with E-state index >= 15 is 0 Å². The van der Waals surface area contributed by atoms with Crippen molar-refractivity contribution in [2.45, 2.75) is 44.8 Å². The second-order valence-electron chi connectivity index (χ2n) is 4.94. The zero-order chi connectivity index (χ0) is 13.7. The van der Waals surface area contributed by atoms with Crippen molar-refractivity contribution < 1.29 is 14.3 Å². The second-order valence-corrected chi connectivity index (χ2v) is 4.94. The molecule has 1 aromatic rings. The topological polar surface area (TPSA) is 47.6 Å². The molecule has 1 saturated carbocycles. The highest BCUT2D eigenvalue weighted by atomic mass is 16.5. The zero-order valence-electron chi connectivity index (χ0n) is 11.5. The Morgan fingerprint density at radius 3 is 2.47 bits per heavy atom. The van der Waals surface area contributed by atoms with Crippen LogP contribution in [0.4, 0.5) is 5.69 Å². The number of methoxy groups -OCH3 is 1. The minimum absolute atomic E-state index is 0.272. The minimum atomic E-state index is -0.355. The summed E-state index contributed by atoms with van der Waals surface area (Å²) in [6.45, 7) is 1.77. The fourth-order valence-electron chi connectivity index (χ4n) is 2.31. The first kappa shape index (κ1) is 13.7. The van der Waals surface area contributed by atoms with Gasteiger partial charge in [-0.25, -0.2) is 4.79 Å². The van der Waals surface area contributed by atoms with Gasteiger partial charge in [-0.1, -0.05) is 0 Å². The number of rotatable bonds is 5. The van der Waals surface area contributed by atoms with Crippen molar-refractivity contribution in [3.8, 4) is 5.75 Å². The van der Waals surface area contributed by atoms with Gasteiger partial charge in [0.1, 0.15) is 11.8 Å². The minimum Gasteiger partial charge on any atom is -0.490 e. The summed E-state index contributed by atoms with van der Waals surface area (Å²) in [5, 5.41) is 3.08. The first-order valence-electron chi connectivity index (χ1n) is 6.80. The molecule has 0 bridgehead atoms. The summed E-state index contributed by atoms with van der Waals surface area (Å²) in [5.74, 6) is 0.620. The molecule has 1 unspecified atom stereocenters. The van der Waals surface area contributed by atoms with Crippen LogP contribution < -0.4 is 10.1 Å². The Morgan fingerprint density at radius 2 is 1.89 bits per heavy atom. The van der Waals surface area contributed by atoms with E-state index in [9.17, 15) is 4.79 Å². The lowest BCUT2D eigenvalue weighted by Gasteiger charge is -2.15. The fourth-order valence-corrected chi connectivity index (χ4v) is 2.31. The average molecular weight is 263 g/mol. The Kier molecular flexibility index (Phi) is 4.66. The largest absolute Gasteiger partial charge is 0.490 e. The monoisotopic (exact) mass is 263 g/mol. The van der Waals surface area contributed by atoms with Gasteiger partial charge in [0.05, 0.1) is 13.2 Å². The van der Waals surface area contributed by atoms with Crippen molar-refractivity contribution in [2.75, 3.05) is 12.4 Å². The Labute approximate surface area is 114 Å². The molecular weight excluding hydrogens is 242 g/mol.